The van der Waals surface area contributed by atoms with Gasteiger partial charge < -0.3 is 20.2 Å². The number of fused-ring (bicyclic) bond motifs is 2. The second kappa shape index (κ2) is 8.15. The zero-order valence-electron chi connectivity index (χ0n) is 20.1. The molecule has 9 heteroatoms. The van der Waals surface area contributed by atoms with Gasteiger partial charge in [-0.25, -0.2) is 9.59 Å². The van der Waals surface area contributed by atoms with Gasteiger partial charge in [-0.2, -0.15) is 5.06 Å². The van der Waals surface area contributed by atoms with Crippen LogP contribution in [0.15, 0.2) is 30.3 Å². The first-order chi connectivity index (χ1) is 16.1. The van der Waals surface area contributed by atoms with Crippen molar-refractivity contribution in [2.24, 2.45) is 10.8 Å². The van der Waals surface area contributed by atoms with E-state index < -0.39 is 12.1 Å². The number of hydrogen-bond donors (Lipinski definition) is 2. The monoisotopic (exact) mass is 470 g/mol. The van der Waals surface area contributed by atoms with Crippen LogP contribution in [0.5, 0.6) is 0 Å². The fourth-order valence-electron chi connectivity index (χ4n) is 6.76. The van der Waals surface area contributed by atoms with Gasteiger partial charge in [0.1, 0.15) is 12.6 Å². The molecule has 3 aliphatic heterocycles. The minimum absolute atomic E-state index is 0.0224. The number of carbonyl (C=O) groups excluding carboxylic acids is 2. The molecule has 4 aliphatic rings. The zero-order chi connectivity index (χ0) is 24.3. The van der Waals surface area contributed by atoms with Crippen LogP contribution in [0, 0.1) is 10.8 Å². The van der Waals surface area contributed by atoms with E-state index in [9.17, 15) is 19.5 Å². The Kier molecular flexibility index (Phi) is 5.50. The van der Waals surface area contributed by atoms with Crippen molar-refractivity contribution in [2.45, 2.75) is 77.2 Å². The molecular formula is C25H34N4O5. The van der Waals surface area contributed by atoms with E-state index in [-0.39, 0.29) is 40.9 Å². The molecule has 1 aromatic carbocycles. The van der Waals surface area contributed by atoms with E-state index >= 15 is 0 Å². The minimum atomic E-state index is -0.874. The summed E-state index contributed by atoms with van der Waals surface area (Å²) >= 11 is 0. The Labute approximate surface area is 200 Å². The topological polar surface area (TPSA) is 102 Å². The number of carbonyl (C=O) groups is 3. The normalized spacial score (nSPS) is 32.4. The van der Waals surface area contributed by atoms with E-state index in [0.717, 1.165) is 24.8 Å². The van der Waals surface area contributed by atoms with Crippen LogP contribution in [0.25, 0.3) is 0 Å². The SMILES string of the molecule is CC(C)(C)C1N(C(=O)O)CC12CC(NC(=O)[C@@H]1CC[C@@H]3CN1C(=O)N3OCc1ccccc1)C2. The molecule has 1 aromatic rings. The molecule has 3 atom stereocenters. The molecule has 1 aliphatic carbocycles. The number of nitrogens with one attached hydrogen (secondary N) is 1. The molecule has 4 fully saturated rings. The zero-order valence-corrected chi connectivity index (χ0v) is 20.1. The van der Waals surface area contributed by atoms with Crippen LogP contribution in [0.1, 0.15) is 52.0 Å². The lowest BCUT2D eigenvalue weighted by Crippen LogP contribution is -2.76. The van der Waals surface area contributed by atoms with Crippen LogP contribution < -0.4 is 5.32 Å². The summed E-state index contributed by atoms with van der Waals surface area (Å²) < 4.78 is 0. The third-order valence-electron chi connectivity index (χ3n) is 7.93. The smallest absolute Gasteiger partial charge is 0.407 e. The number of rotatable bonds is 5. The number of likely N-dealkylation sites (tertiary alicyclic amines) is 1. The van der Waals surface area contributed by atoms with Gasteiger partial charge in [0, 0.05) is 30.6 Å². The molecule has 9 nitrogen and oxygen atoms in total. The van der Waals surface area contributed by atoms with Gasteiger partial charge in [-0.1, -0.05) is 51.1 Å². The van der Waals surface area contributed by atoms with E-state index in [1.807, 2.05) is 30.3 Å². The summed E-state index contributed by atoms with van der Waals surface area (Å²) in [6.45, 7) is 7.57. The standard InChI is InChI=1S/C25H34N4O5/c1-24(2,3)21-25(15-28(21)23(32)33)11-17(12-25)26-20(30)19-10-9-18-13-27(19)22(31)29(18)34-14-16-7-5-4-6-8-16/h4-8,17-19,21H,9-15H2,1-3H3,(H,26,30)(H,32,33)/t17?,18-,19+,21?,25?/m1/s1. The van der Waals surface area contributed by atoms with Crippen LogP contribution in [-0.4, -0.2) is 75.3 Å². The van der Waals surface area contributed by atoms with E-state index in [1.165, 1.54) is 9.96 Å². The molecule has 3 saturated heterocycles. The highest BCUT2D eigenvalue weighted by atomic mass is 16.7. The molecule has 0 radical (unpaired) electrons. The highest BCUT2D eigenvalue weighted by molar-refractivity contribution is 5.88. The Hall–Kier alpha value is -2.81. The maximum Gasteiger partial charge on any atom is 0.407 e. The predicted molar refractivity (Wildman–Crippen MR) is 124 cm³/mol. The first kappa shape index (κ1) is 23.0. The van der Waals surface area contributed by atoms with Crippen molar-refractivity contribution in [1.82, 2.24) is 20.2 Å². The number of benzene rings is 1. The van der Waals surface area contributed by atoms with Crippen LogP contribution in [0.3, 0.4) is 0 Å². The largest absolute Gasteiger partial charge is 0.465 e. The number of nitrogens with zero attached hydrogens (tertiary/aromatic N) is 3. The molecular weight excluding hydrogens is 436 g/mol. The minimum Gasteiger partial charge on any atom is -0.465 e. The third kappa shape index (κ3) is 3.79. The maximum atomic E-state index is 13.1. The third-order valence-corrected chi connectivity index (χ3v) is 7.93. The average Bonchev–Trinajstić information content (AvgIpc) is 2.96. The van der Waals surface area contributed by atoms with Crippen LogP contribution in [0.2, 0.25) is 0 Å². The molecule has 1 spiro atoms. The molecule has 184 valence electrons. The van der Waals surface area contributed by atoms with Gasteiger partial charge in [0.15, 0.2) is 0 Å². The van der Waals surface area contributed by atoms with Crippen molar-refractivity contribution in [1.29, 1.82) is 0 Å². The Morgan fingerprint density at radius 1 is 1.18 bits per heavy atom. The number of piperidine rings is 1. The predicted octanol–water partition coefficient (Wildman–Crippen LogP) is 3.06. The van der Waals surface area contributed by atoms with Crippen molar-refractivity contribution < 1.29 is 24.3 Å². The van der Waals surface area contributed by atoms with Gasteiger partial charge in [0.25, 0.3) is 0 Å². The van der Waals surface area contributed by atoms with Crippen molar-refractivity contribution in [3.05, 3.63) is 35.9 Å². The van der Waals surface area contributed by atoms with E-state index in [1.54, 1.807) is 4.90 Å². The van der Waals surface area contributed by atoms with Crippen LogP contribution >= 0.6 is 0 Å². The summed E-state index contributed by atoms with van der Waals surface area (Å²) in [5.74, 6) is -0.113. The van der Waals surface area contributed by atoms with E-state index in [4.69, 9.17) is 4.84 Å². The lowest BCUT2D eigenvalue weighted by Gasteiger charge is -2.67. The fourth-order valence-corrected chi connectivity index (χ4v) is 6.76. The molecule has 2 bridgehead atoms. The van der Waals surface area contributed by atoms with Gasteiger partial charge in [-0.05, 0) is 36.7 Å². The molecule has 1 unspecified atom stereocenters. The molecule has 4 amide bonds. The highest BCUT2D eigenvalue weighted by Gasteiger charge is 2.64. The maximum absolute atomic E-state index is 13.1. The van der Waals surface area contributed by atoms with Crippen LogP contribution in [0.4, 0.5) is 9.59 Å². The van der Waals surface area contributed by atoms with Crippen molar-refractivity contribution >= 4 is 18.0 Å². The van der Waals surface area contributed by atoms with Gasteiger partial charge in [0.2, 0.25) is 5.91 Å². The summed E-state index contributed by atoms with van der Waals surface area (Å²) in [5, 5.41) is 14.1. The van der Waals surface area contributed by atoms with Crippen molar-refractivity contribution in [2.75, 3.05) is 13.1 Å². The molecule has 5 rings (SSSR count). The molecule has 2 N–H and O–H groups in total. The Morgan fingerprint density at radius 3 is 2.53 bits per heavy atom. The summed E-state index contributed by atoms with van der Waals surface area (Å²) in [4.78, 5) is 46.7. The Morgan fingerprint density at radius 2 is 1.88 bits per heavy atom. The molecule has 0 aromatic heterocycles. The van der Waals surface area contributed by atoms with Crippen LogP contribution in [-0.2, 0) is 16.2 Å². The van der Waals surface area contributed by atoms with Gasteiger partial charge >= 0.3 is 12.1 Å². The number of carboxylic acid groups (broad SMARTS) is 1. The average molecular weight is 471 g/mol. The lowest BCUT2D eigenvalue weighted by molar-refractivity contribution is -0.164. The second-order valence-electron chi connectivity index (χ2n) is 11.4. The summed E-state index contributed by atoms with van der Waals surface area (Å²) in [6, 6.07) is 8.93. The van der Waals surface area contributed by atoms with E-state index in [2.05, 4.69) is 26.1 Å². The van der Waals surface area contributed by atoms with Gasteiger partial charge in [-0.3, -0.25) is 9.63 Å². The number of amides is 4. The Balaban J connectivity index is 1.16. The van der Waals surface area contributed by atoms with Crippen molar-refractivity contribution in [3.63, 3.8) is 0 Å². The summed E-state index contributed by atoms with van der Waals surface area (Å²) in [6.07, 6.45) is 2.02. The van der Waals surface area contributed by atoms with Gasteiger partial charge in [-0.15, -0.1) is 0 Å². The van der Waals surface area contributed by atoms with Gasteiger partial charge in [0.05, 0.1) is 6.04 Å². The molecule has 34 heavy (non-hydrogen) atoms. The fraction of sp³-hybridized carbons (Fsp3) is 0.640. The quantitative estimate of drug-likeness (QED) is 0.689. The number of urea groups is 1. The van der Waals surface area contributed by atoms with E-state index in [0.29, 0.717) is 26.1 Å². The molecule has 1 saturated carbocycles. The first-order valence-corrected chi connectivity index (χ1v) is 12.2. The summed E-state index contributed by atoms with van der Waals surface area (Å²) in [7, 11) is 0. The number of hydrogen-bond acceptors (Lipinski definition) is 4. The second-order valence-corrected chi connectivity index (χ2v) is 11.4. The first-order valence-electron chi connectivity index (χ1n) is 12.2. The van der Waals surface area contributed by atoms with Crippen molar-refractivity contribution in [3.8, 4) is 0 Å². The molecule has 3 heterocycles. The highest BCUT2D eigenvalue weighted by Crippen LogP contribution is 2.58. The summed E-state index contributed by atoms with van der Waals surface area (Å²) in [5.41, 5.74) is 0.776. The number of hydroxylamine groups is 2. The lowest BCUT2D eigenvalue weighted by atomic mass is 9.50. The Bertz CT molecular complexity index is 971.